The van der Waals surface area contributed by atoms with Crippen LogP contribution in [0.15, 0.2) is 4.99 Å². The van der Waals surface area contributed by atoms with Gasteiger partial charge in [-0.3, -0.25) is 5.43 Å². The first-order chi connectivity index (χ1) is 7.90. The van der Waals surface area contributed by atoms with Crippen LogP contribution in [0.25, 0.3) is 0 Å². The minimum atomic E-state index is -4.18. The summed E-state index contributed by atoms with van der Waals surface area (Å²) >= 11 is 0. The molecule has 7 heteroatoms. The maximum absolute atomic E-state index is 12.1. The second-order valence-electron chi connectivity index (χ2n) is 4.43. The normalized spacial score (nSPS) is 20.4. The molecule has 0 aromatic rings. The third kappa shape index (κ3) is 5.76. The topological polar surface area (TPSA) is 62.4 Å². The zero-order chi connectivity index (χ0) is 12.9. The van der Waals surface area contributed by atoms with E-state index in [1.165, 1.54) is 6.92 Å². The Balaban J connectivity index is 2.45. The fraction of sp³-hybridized carbons (Fsp3) is 0.900. The van der Waals surface area contributed by atoms with Crippen LogP contribution in [-0.4, -0.2) is 24.2 Å². The molecular formula is C10H19F3N4. The molecule has 4 nitrogen and oxygen atoms in total. The van der Waals surface area contributed by atoms with E-state index in [9.17, 15) is 13.2 Å². The number of guanidine groups is 1. The van der Waals surface area contributed by atoms with Gasteiger partial charge < -0.3 is 5.32 Å². The van der Waals surface area contributed by atoms with Crippen LogP contribution in [0.4, 0.5) is 13.2 Å². The van der Waals surface area contributed by atoms with Crippen LogP contribution in [-0.2, 0) is 0 Å². The quantitative estimate of drug-likeness (QED) is 0.310. The van der Waals surface area contributed by atoms with Gasteiger partial charge >= 0.3 is 6.18 Å². The van der Waals surface area contributed by atoms with E-state index in [0.717, 1.165) is 25.7 Å². The first-order valence-corrected chi connectivity index (χ1v) is 5.78. The van der Waals surface area contributed by atoms with E-state index in [4.69, 9.17) is 5.84 Å². The molecule has 0 radical (unpaired) electrons. The molecule has 0 aliphatic heterocycles. The lowest BCUT2D eigenvalue weighted by Gasteiger charge is -2.18. The number of nitrogens with two attached hydrogens (primary N) is 1. The monoisotopic (exact) mass is 252 g/mol. The summed E-state index contributed by atoms with van der Waals surface area (Å²) in [5, 5.41) is 2.64. The van der Waals surface area contributed by atoms with Gasteiger partial charge in [-0.1, -0.05) is 12.8 Å². The van der Waals surface area contributed by atoms with Crippen LogP contribution in [0, 0.1) is 0 Å². The molecule has 1 unspecified atom stereocenters. The van der Waals surface area contributed by atoms with Crippen molar-refractivity contribution in [2.75, 3.05) is 0 Å². The van der Waals surface area contributed by atoms with Crippen molar-refractivity contribution in [1.82, 2.24) is 10.7 Å². The highest BCUT2D eigenvalue weighted by molar-refractivity contribution is 5.79. The van der Waals surface area contributed by atoms with Crippen molar-refractivity contribution >= 4 is 5.96 Å². The van der Waals surface area contributed by atoms with E-state index in [1.54, 1.807) is 0 Å². The molecule has 1 atom stereocenters. The summed E-state index contributed by atoms with van der Waals surface area (Å²) in [5.74, 6) is 5.48. The second kappa shape index (κ2) is 6.09. The number of rotatable bonds is 3. The van der Waals surface area contributed by atoms with Crippen molar-refractivity contribution < 1.29 is 13.2 Å². The molecule has 0 amide bonds. The van der Waals surface area contributed by atoms with Crippen LogP contribution in [0.1, 0.15) is 39.0 Å². The molecule has 0 aromatic carbocycles. The molecule has 1 fully saturated rings. The Morgan fingerprint density at radius 2 is 2.00 bits per heavy atom. The fourth-order valence-corrected chi connectivity index (χ4v) is 1.96. The van der Waals surface area contributed by atoms with Crippen molar-refractivity contribution in [3.8, 4) is 0 Å². The van der Waals surface area contributed by atoms with Gasteiger partial charge in [0.15, 0.2) is 0 Å². The lowest BCUT2D eigenvalue weighted by molar-refractivity contribution is -0.138. The minimum Gasteiger partial charge on any atom is -0.353 e. The molecular weight excluding hydrogens is 233 g/mol. The Kier molecular flexibility index (Phi) is 5.04. The van der Waals surface area contributed by atoms with Gasteiger partial charge in [-0.2, -0.15) is 13.2 Å². The summed E-state index contributed by atoms with van der Waals surface area (Å²) in [6, 6.07) is -0.571. The summed E-state index contributed by atoms with van der Waals surface area (Å²) < 4.78 is 36.4. The van der Waals surface area contributed by atoms with Crippen LogP contribution in [0.2, 0.25) is 0 Å². The molecule has 1 aliphatic carbocycles. The summed E-state index contributed by atoms with van der Waals surface area (Å²) in [5.41, 5.74) is 2.32. The third-order valence-corrected chi connectivity index (χ3v) is 2.69. The van der Waals surface area contributed by atoms with Gasteiger partial charge in [0, 0.05) is 6.04 Å². The number of aliphatic imine (C=N–C) groups is 1. The van der Waals surface area contributed by atoms with E-state index in [0.29, 0.717) is 0 Å². The molecule has 100 valence electrons. The highest BCUT2D eigenvalue weighted by Crippen LogP contribution is 2.22. The predicted octanol–water partition coefficient (Wildman–Crippen LogP) is 1.68. The first kappa shape index (κ1) is 14.1. The largest absolute Gasteiger partial charge is 0.391 e. The van der Waals surface area contributed by atoms with Gasteiger partial charge in [0.1, 0.15) is 0 Å². The Morgan fingerprint density at radius 3 is 2.47 bits per heavy atom. The van der Waals surface area contributed by atoms with Crippen LogP contribution in [0.3, 0.4) is 0 Å². The highest BCUT2D eigenvalue weighted by Gasteiger charge is 2.30. The van der Waals surface area contributed by atoms with Crippen molar-refractivity contribution in [3.63, 3.8) is 0 Å². The molecule has 0 saturated heterocycles. The van der Waals surface area contributed by atoms with Gasteiger partial charge in [-0.05, 0) is 19.8 Å². The zero-order valence-corrected chi connectivity index (χ0v) is 9.85. The minimum absolute atomic E-state index is 0.173. The predicted molar refractivity (Wildman–Crippen MR) is 60.3 cm³/mol. The first-order valence-electron chi connectivity index (χ1n) is 5.78. The number of alkyl halides is 3. The number of hydrogen-bond acceptors (Lipinski definition) is 2. The Labute approximate surface area is 98.8 Å². The zero-order valence-electron chi connectivity index (χ0n) is 9.85. The number of nitrogens with zero attached hydrogens (tertiary/aromatic N) is 1. The Hall–Kier alpha value is -0.980. The molecule has 0 aromatic heterocycles. The summed E-state index contributed by atoms with van der Waals surface area (Å²) in [6.45, 7) is 1.45. The Morgan fingerprint density at radius 1 is 1.41 bits per heavy atom. The lowest BCUT2D eigenvalue weighted by atomic mass is 10.2. The number of halogens is 3. The van der Waals surface area contributed by atoms with Crippen LogP contribution < -0.4 is 16.6 Å². The van der Waals surface area contributed by atoms with E-state index in [2.05, 4.69) is 15.7 Å². The number of nitrogens with one attached hydrogen (secondary N) is 2. The maximum Gasteiger partial charge on any atom is 0.391 e. The van der Waals surface area contributed by atoms with Crippen molar-refractivity contribution in [1.29, 1.82) is 0 Å². The van der Waals surface area contributed by atoms with Gasteiger partial charge in [0.2, 0.25) is 5.96 Å². The van der Waals surface area contributed by atoms with Gasteiger partial charge in [0.25, 0.3) is 0 Å². The van der Waals surface area contributed by atoms with Crippen LogP contribution >= 0.6 is 0 Å². The van der Waals surface area contributed by atoms with E-state index >= 15 is 0 Å². The maximum atomic E-state index is 12.1. The molecule has 17 heavy (non-hydrogen) atoms. The number of hydrogen-bond donors (Lipinski definition) is 3. The number of hydrazine groups is 1. The van der Waals surface area contributed by atoms with Gasteiger partial charge in [-0.15, -0.1) is 0 Å². The fourth-order valence-electron chi connectivity index (χ4n) is 1.96. The Bertz CT molecular complexity index is 259. The molecule has 0 bridgehead atoms. The van der Waals surface area contributed by atoms with E-state index < -0.39 is 18.6 Å². The molecule has 1 aliphatic rings. The standard InChI is InChI=1S/C10H19F3N4/c1-7(6-10(11,12)13)15-9(17-14)16-8-4-2-3-5-8/h7-8H,2-6,14H2,1H3,(H2,15,16,17). The molecule has 0 heterocycles. The lowest BCUT2D eigenvalue weighted by Crippen LogP contribution is -2.47. The smallest absolute Gasteiger partial charge is 0.353 e. The van der Waals surface area contributed by atoms with Crippen molar-refractivity contribution in [2.45, 2.75) is 57.3 Å². The van der Waals surface area contributed by atoms with E-state index in [-0.39, 0.29) is 12.0 Å². The van der Waals surface area contributed by atoms with Gasteiger partial charge in [0.05, 0.1) is 12.5 Å². The summed E-state index contributed by atoms with van der Waals surface area (Å²) in [4.78, 5) is 4.27. The molecule has 1 saturated carbocycles. The van der Waals surface area contributed by atoms with Crippen molar-refractivity contribution in [3.05, 3.63) is 0 Å². The average molecular weight is 252 g/mol. The highest BCUT2D eigenvalue weighted by atomic mass is 19.4. The van der Waals surface area contributed by atoms with Crippen LogP contribution in [0.5, 0.6) is 0 Å². The van der Waals surface area contributed by atoms with Crippen molar-refractivity contribution in [2.24, 2.45) is 10.8 Å². The average Bonchev–Trinajstić information content (AvgIpc) is 2.66. The third-order valence-electron chi connectivity index (χ3n) is 2.69. The van der Waals surface area contributed by atoms with Gasteiger partial charge in [-0.25, -0.2) is 10.8 Å². The van der Waals surface area contributed by atoms with E-state index in [1.807, 2.05) is 0 Å². The molecule has 1 rings (SSSR count). The summed E-state index contributed by atoms with van der Waals surface area (Å²) in [7, 11) is 0. The molecule has 0 spiro atoms. The summed E-state index contributed by atoms with van der Waals surface area (Å²) in [6.07, 6.45) is -0.910. The second-order valence-corrected chi connectivity index (χ2v) is 4.43. The SMILES string of the molecule is CC(CC(F)(F)F)NC(=NC1CCCC1)NN. The molecule has 4 N–H and O–H groups in total.